The van der Waals surface area contributed by atoms with Gasteiger partial charge in [0.2, 0.25) is 11.8 Å². The van der Waals surface area contributed by atoms with E-state index in [4.69, 9.17) is 4.74 Å². The molecule has 0 fully saturated rings. The zero-order valence-corrected chi connectivity index (χ0v) is 17.2. The first-order valence-electron chi connectivity index (χ1n) is 10.8. The van der Waals surface area contributed by atoms with Gasteiger partial charge in [-0.05, 0) is 42.5 Å². The molecule has 154 valence electrons. The highest BCUT2D eigenvalue weighted by Gasteiger charge is 2.41. The minimum Gasteiger partial charge on any atom is -0.494 e. The average Bonchev–Trinajstić information content (AvgIpc) is 3.46. The lowest BCUT2D eigenvalue weighted by Crippen LogP contribution is -2.02. The van der Waals surface area contributed by atoms with Gasteiger partial charge in [-0.1, -0.05) is 61.9 Å². The number of aromatic nitrogens is 1. The lowest BCUT2D eigenvalue weighted by molar-refractivity contribution is 0.302. The molecule has 30 heavy (non-hydrogen) atoms. The van der Waals surface area contributed by atoms with Gasteiger partial charge in [-0.15, -0.1) is 0 Å². The summed E-state index contributed by atoms with van der Waals surface area (Å²) in [5.41, 5.74) is 4.81. The van der Waals surface area contributed by atoms with Gasteiger partial charge in [0.15, 0.2) is 0 Å². The van der Waals surface area contributed by atoms with E-state index in [0.717, 1.165) is 29.5 Å². The zero-order chi connectivity index (χ0) is 20.7. The van der Waals surface area contributed by atoms with E-state index in [1.165, 1.54) is 23.0 Å². The van der Waals surface area contributed by atoms with Gasteiger partial charge in [0.05, 0.1) is 5.69 Å². The Bertz CT molecular complexity index is 1060. The molecule has 0 spiro atoms. The molecule has 0 radical (unpaired) electrons. The molecule has 0 saturated carbocycles. The largest absolute Gasteiger partial charge is 0.494 e. The smallest absolute Gasteiger partial charge is 0.202 e. The molecule has 4 heteroatoms. The van der Waals surface area contributed by atoms with Crippen LogP contribution in [0.15, 0.2) is 60.7 Å². The van der Waals surface area contributed by atoms with Crippen LogP contribution in [0.1, 0.15) is 60.3 Å². The zero-order valence-electron chi connectivity index (χ0n) is 17.2. The van der Waals surface area contributed by atoms with Crippen LogP contribution in [0.25, 0.3) is 5.69 Å². The van der Waals surface area contributed by atoms with Crippen molar-refractivity contribution in [3.8, 4) is 23.2 Å². The Balaban J connectivity index is 1.40. The second-order valence-electron chi connectivity index (χ2n) is 8.32. The Morgan fingerprint density at radius 1 is 0.900 bits per heavy atom. The minimum atomic E-state index is 0.121. The van der Waals surface area contributed by atoms with Crippen LogP contribution in [0.2, 0.25) is 0 Å². The number of ether oxygens (including phenoxy) is 1. The molecule has 3 aromatic rings. The number of allylic oxidation sites excluding steroid dienone is 2. The first-order valence-corrected chi connectivity index (χ1v) is 10.8. The van der Waals surface area contributed by atoms with Gasteiger partial charge >= 0.3 is 0 Å². The van der Waals surface area contributed by atoms with Crippen LogP contribution in [0, 0.1) is 0 Å². The van der Waals surface area contributed by atoms with E-state index in [1.807, 2.05) is 24.3 Å². The van der Waals surface area contributed by atoms with E-state index in [0.29, 0.717) is 18.0 Å². The molecule has 0 amide bonds. The summed E-state index contributed by atoms with van der Waals surface area (Å²) in [5, 5.41) is 21.9. The molecule has 2 aromatic carbocycles. The lowest BCUT2D eigenvalue weighted by atomic mass is 10.0. The SMILES string of the molecule is CCCCc1ccc(COc2ccccc2-n2c(O)c3c(c2O)C2C=CC3C2)cc1. The third kappa shape index (κ3) is 3.07. The second kappa shape index (κ2) is 7.60. The van der Waals surface area contributed by atoms with Gasteiger partial charge in [0.1, 0.15) is 12.4 Å². The predicted molar refractivity (Wildman–Crippen MR) is 118 cm³/mol. The molecular weight excluding hydrogens is 374 g/mol. The summed E-state index contributed by atoms with van der Waals surface area (Å²) in [6.07, 6.45) is 8.70. The molecule has 2 aliphatic rings. The predicted octanol–water partition coefficient (Wildman–Crippen LogP) is 5.95. The molecule has 4 nitrogen and oxygen atoms in total. The van der Waals surface area contributed by atoms with E-state index in [1.54, 1.807) is 0 Å². The molecule has 0 aliphatic heterocycles. The van der Waals surface area contributed by atoms with Crippen molar-refractivity contribution in [2.75, 3.05) is 0 Å². The first kappa shape index (κ1) is 18.9. The highest BCUT2D eigenvalue weighted by atomic mass is 16.5. The Labute approximate surface area is 177 Å². The van der Waals surface area contributed by atoms with Gasteiger partial charge in [-0.2, -0.15) is 0 Å². The van der Waals surface area contributed by atoms with Crippen LogP contribution in [0.3, 0.4) is 0 Å². The van der Waals surface area contributed by atoms with Gasteiger partial charge in [-0.25, -0.2) is 4.57 Å². The number of hydrogen-bond acceptors (Lipinski definition) is 3. The van der Waals surface area contributed by atoms with Crippen molar-refractivity contribution >= 4 is 0 Å². The van der Waals surface area contributed by atoms with E-state index >= 15 is 0 Å². The molecule has 1 heterocycles. The number of nitrogens with zero attached hydrogens (tertiary/aromatic N) is 1. The molecule has 2 aliphatic carbocycles. The van der Waals surface area contributed by atoms with Crippen molar-refractivity contribution in [3.63, 3.8) is 0 Å². The molecule has 1 aromatic heterocycles. The Kier molecular flexibility index (Phi) is 4.78. The maximum Gasteiger partial charge on any atom is 0.202 e. The van der Waals surface area contributed by atoms with Crippen LogP contribution in [-0.4, -0.2) is 14.8 Å². The maximum atomic E-state index is 10.9. The van der Waals surface area contributed by atoms with Crippen molar-refractivity contribution in [2.45, 2.75) is 51.0 Å². The van der Waals surface area contributed by atoms with Crippen molar-refractivity contribution in [1.29, 1.82) is 0 Å². The number of unbranched alkanes of at least 4 members (excludes halogenated alkanes) is 1. The van der Waals surface area contributed by atoms with Crippen molar-refractivity contribution in [2.24, 2.45) is 0 Å². The Morgan fingerprint density at radius 2 is 1.53 bits per heavy atom. The van der Waals surface area contributed by atoms with Crippen molar-refractivity contribution in [1.82, 2.24) is 4.57 Å². The van der Waals surface area contributed by atoms with Gasteiger partial charge in [-0.3, -0.25) is 0 Å². The fourth-order valence-corrected chi connectivity index (χ4v) is 4.78. The van der Waals surface area contributed by atoms with E-state index in [9.17, 15) is 10.2 Å². The van der Waals surface area contributed by atoms with Crippen molar-refractivity contribution < 1.29 is 14.9 Å². The summed E-state index contributed by atoms with van der Waals surface area (Å²) in [6.45, 7) is 2.64. The number of para-hydroxylation sites is 2. The molecule has 5 rings (SSSR count). The number of benzene rings is 2. The topological polar surface area (TPSA) is 54.6 Å². The molecule has 2 unspecified atom stereocenters. The number of aromatic hydroxyl groups is 2. The lowest BCUT2D eigenvalue weighted by Gasteiger charge is -2.15. The fourth-order valence-electron chi connectivity index (χ4n) is 4.78. The Hall–Kier alpha value is -3.14. The number of hydrogen-bond donors (Lipinski definition) is 2. The highest BCUT2D eigenvalue weighted by molar-refractivity contribution is 5.64. The summed E-state index contributed by atoms with van der Waals surface area (Å²) in [4.78, 5) is 0. The maximum absolute atomic E-state index is 10.9. The molecular formula is C26H27NO3. The van der Waals surface area contributed by atoms with Crippen LogP contribution >= 0.6 is 0 Å². The normalized spacial score (nSPS) is 18.7. The molecule has 2 atom stereocenters. The molecule has 0 saturated heterocycles. The van der Waals surface area contributed by atoms with E-state index < -0.39 is 0 Å². The number of fused-ring (bicyclic) bond motifs is 5. The van der Waals surface area contributed by atoms with Gasteiger partial charge in [0.25, 0.3) is 0 Å². The summed E-state index contributed by atoms with van der Waals surface area (Å²) < 4.78 is 7.65. The number of rotatable bonds is 7. The van der Waals surface area contributed by atoms with Gasteiger partial charge in [0, 0.05) is 23.0 Å². The monoisotopic (exact) mass is 401 g/mol. The van der Waals surface area contributed by atoms with Crippen LogP contribution in [0.4, 0.5) is 0 Å². The fraction of sp³-hybridized carbons (Fsp3) is 0.308. The Morgan fingerprint density at radius 3 is 2.20 bits per heavy atom. The minimum absolute atomic E-state index is 0.121. The summed E-state index contributed by atoms with van der Waals surface area (Å²) in [7, 11) is 0. The van der Waals surface area contributed by atoms with Crippen LogP contribution < -0.4 is 4.74 Å². The average molecular weight is 402 g/mol. The van der Waals surface area contributed by atoms with E-state index in [2.05, 4.69) is 43.3 Å². The number of aryl methyl sites for hydroxylation is 1. The second-order valence-corrected chi connectivity index (χ2v) is 8.32. The van der Waals surface area contributed by atoms with Crippen LogP contribution in [-0.2, 0) is 13.0 Å². The quantitative estimate of drug-likeness (QED) is 0.481. The van der Waals surface area contributed by atoms with E-state index in [-0.39, 0.29) is 23.6 Å². The molecule has 2 bridgehead atoms. The standard InChI is InChI=1S/C26H27NO3/c1-2-3-6-17-9-11-18(12-10-17)16-30-22-8-5-4-7-21(22)27-25(28)23-19-13-14-20(15-19)24(23)26(27)29/h4-5,7-14,19-20,28-29H,2-3,6,15-16H2,1H3. The summed E-state index contributed by atoms with van der Waals surface area (Å²) in [6, 6.07) is 16.1. The first-order chi connectivity index (χ1) is 14.7. The summed E-state index contributed by atoms with van der Waals surface area (Å²) >= 11 is 0. The van der Waals surface area contributed by atoms with Crippen molar-refractivity contribution in [3.05, 3.63) is 82.9 Å². The van der Waals surface area contributed by atoms with Crippen LogP contribution in [0.5, 0.6) is 17.5 Å². The third-order valence-electron chi connectivity index (χ3n) is 6.36. The third-order valence-corrected chi connectivity index (χ3v) is 6.36. The summed E-state index contributed by atoms with van der Waals surface area (Å²) in [5.74, 6) is 1.26. The van der Waals surface area contributed by atoms with Gasteiger partial charge < -0.3 is 14.9 Å². The molecule has 2 N–H and O–H groups in total. The highest BCUT2D eigenvalue weighted by Crippen LogP contribution is 2.57.